The molecule has 0 aromatic carbocycles. The number of nitrogens with two attached hydrogens (primary N) is 3. The van der Waals surface area contributed by atoms with Gasteiger partial charge in [-0.1, -0.05) is 0 Å². The van der Waals surface area contributed by atoms with Crippen LogP contribution in [0.1, 0.15) is 33.1 Å². The first kappa shape index (κ1) is 29.4. The van der Waals surface area contributed by atoms with Gasteiger partial charge in [-0.2, -0.15) is 11.8 Å². The summed E-state index contributed by atoms with van der Waals surface area (Å²) in [6.07, 6.45) is 1.08. The van der Waals surface area contributed by atoms with E-state index in [0.29, 0.717) is 12.2 Å². The van der Waals surface area contributed by atoms with Gasteiger partial charge in [-0.3, -0.25) is 19.4 Å². The van der Waals surface area contributed by atoms with Gasteiger partial charge in [0.2, 0.25) is 17.7 Å². The number of nitrogens with zero attached hydrogens (tertiary/aromatic N) is 1. The van der Waals surface area contributed by atoms with Crippen LogP contribution >= 0.6 is 11.8 Å². The molecule has 0 heterocycles. The number of carbonyl (C=O) groups is 4. The third-order valence-corrected chi connectivity index (χ3v) is 4.92. The Morgan fingerprint density at radius 2 is 1.56 bits per heavy atom. The van der Waals surface area contributed by atoms with Crippen LogP contribution in [0.5, 0.6) is 0 Å². The molecule has 3 amide bonds. The van der Waals surface area contributed by atoms with Crippen LogP contribution in [0.4, 0.5) is 0 Å². The third kappa shape index (κ3) is 11.7. The fraction of sp³-hybridized carbons (Fsp3) is 0.722. The maximum atomic E-state index is 12.8. The van der Waals surface area contributed by atoms with E-state index in [1.165, 1.54) is 25.6 Å². The molecule has 5 atom stereocenters. The minimum Gasteiger partial charge on any atom is -0.480 e. The second kappa shape index (κ2) is 15.3. The van der Waals surface area contributed by atoms with E-state index in [9.17, 15) is 29.4 Å². The standard InChI is InChI=1S/C18H35N7O6S/c1-9(19)14(27)23-11(5-4-7-22-18(20)21)15(28)25-13(10(2)26)16(29)24-12(17(30)31)6-8-32-3/h9-13,26H,4-8,19H2,1-3H3,(H,23,27)(H,24,29)(H,25,28)(H,30,31)(H4,20,21,22). The lowest BCUT2D eigenvalue weighted by Crippen LogP contribution is -2.59. The molecule has 14 heteroatoms. The molecule has 0 aliphatic rings. The zero-order valence-electron chi connectivity index (χ0n) is 18.5. The molecule has 0 aliphatic heterocycles. The number of aliphatic hydroxyl groups excluding tert-OH is 1. The predicted molar refractivity (Wildman–Crippen MR) is 122 cm³/mol. The van der Waals surface area contributed by atoms with Crippen LogP contribution in [-0.2, 0) is 19.2 Å². The number of aliphatic imine (C=N–C) groups is 1. The minimum atomic E-state index is -1.44. The number of carboxylic acid groups (broad SMARTS) is 1. The Bertz CT molecular complexity index is 670. The van der Waals surface area contributed by atoms with Crippen LogP contribution in [0.2, 0.25) is 0 Å². The summed E-state index contributed by atoms with van der Waals surface area (Å²) in [5.74, 6) is -3.06. The molecule has 11 N–H and O–H groups in total. The van der Waals surface area contributed by atoms with E-state index in [-0.39, 0.29) is 25.3 Å². The van der Waals surface area contributed by atoms with Gasteiger partial charge in [-0.15, -0.1) is 0 Å². The maximum absolute atomic E-state index is 12.8. The fourth-order valence-corrected chi connectivity index (χ4v) is 2.96. The summed E-state index contributed by atoms with van der Waals surface area (Å²) < 4.78 is 0. The molecule has 0 saturated heterocycles. The van der Waals surface area contributed by atoms with Crippen molar-refractivity contribution < 1.29 is 29.4 Å². The van der Waals surface area contributed by atoms with Crippen molar-refractivity contribution in [3.05, 3.63) is 0 Å². The van der Waals surface area contributed by atoms with Crippen molar-refractivity contribution in [1.29, 1.82) is 0 Å². The highest BCUT2D eigenvalue weighted by Crippen LogP contribution is 2.05. The van der Waals surface area contributed by atoms with Crippen molar-refractivity contribution >= 4 is 41.4 Å². The minimum absolute atomic E-state index is 0.120. The van der Waals surface area contributed by atoms with Gasteiger partial charge in [0.25, 0.3) is 0 Å². The molecule has 0 saturated carbocycles. The van der Waals surface area contributed by atoms with Crippen LogP contribution in [0.25, 0.3) is 0 Å². The number of nitrogens with one attached hydrogen (secondary N) is 3. The summed E-state index contributed by atoms with van der Waals surface area (Å²) in [4.78, 5) is 52.5. The van der Waals surface area contributed by atoms with Crippen LogP contribution in [0, 0.1) is 0 Å². The van der Waals surface area contributed by atoms with E-state index in [2.05, 4.69) is 20.9 Å². The predicted octanol–water partition coefficient (Wildman–Crippen LogP) is -2.94. The fourth-order valence-electron chi connectivity index (χ4n) is 2.49. The number of rotatable bonds is 15. The summed E-state index contributed by atoms with van der Waals surface area (Å²) in [5.41, 5.74) is 16.1. The van der Waals surface area contributed by atoms with Gasteiger partial charge in [0, 0.05) is 6.54 Å². The summed E-state index contributed by atoms with van der Waals surface area (Å²) in [7, 11) is 0. The topological polar surface area (TPSA) is 235 Å². The third-order valence-electron chi connectivity index (χ3n) is 4.28. The van der Waals surface area contributed by atoms with Crippen molar-refractivity contribution in [2.45, 2.75) is 63.4 Å². The van der Waals surface area contributed by atoms with Crippen molar-refractivity contribution in [1.82, 2.24) is 16.0 Å². The largest absolute Gasteiger partial charge is 0.480 e. The Balaban J connectivity index is 5.34. The van der Waals surface area contributed by atoms with Gasteiger partial charge >= 0.3 is 5.97 Å². The lowest BCUT2D eigenvalue weighted by Gasteiger charge is -2.26. The monoisotopic (exact) mass is 477 g/mol. The molecule has 0 bridgehead atoms. The van der Waals surface area contributed by atoms with Crippen molar-refractivity contribution in [2.75, 3.05) is 18.6 Å². The first-order valence-electron chi connectivity index (χ1n) is 10.0. The van der Waals surface area contributed by atoms with Crippen LogP contribution in [0.3, 0.4) is 0 Å². The first-order chi connectivity index (χ1) is 14.9. The van der Waals surface area contributed by atoms with E-state index < -0.39 is 54.0 Å². The Morgan fingerprint density at radius 1 is 0.969 bits per heavy atom. The Hall–Kier alpha value is -2.58. The van der Waals surface area contributed by atoms with E-state index >= 15 is 0 Å². The van der Waals surface area contributed by atoms with E-state index in [0.717, 1.165) is 0 Å². The molecule has 32 heavy (non-hydrogen) atoms. The average molecular weight is 478 g/mol. The van der Waals surface area contributed by atoms with Gasteiger partial charge in [0.1, 0.15) is 18.1 Å². The number of guanidine groups is 1. The number of aliphatic carboxylic acids is 1. The molecule has 0 radical (unpaired) electrons. The highest BCUT2D eigenvalue weighted by Gasteiger charge is 2.32. The summed E-state index contributed by atoms with van der Waals surface area (Å²) in [5, 5.41) is 26.5. The van der Waals surface area contributed by atoms with Crippen LogP contribution in [-0.4, -0.2) is 88.7 Å². The van der Waals surface area contributed by atoms with E-state index in [4.69, 9.17) is 17.2 Å². The van der Waals surface area contributed by atoms with Gasteiger partial charge in [-0.05, 0) is 45.1 Å². The smallest absolute Gasteiger partial charge is 0.326 e. The van der Waals surface area contributed by atoms with E-state index in [1.807, 2.05) is 0 Å². The number of hydrogen-bond donors (Lipinski definition) is 8. The summed E-state index contributed by atoms with van der Waals surface area (Å²) in [6, 6.07) is -4.58. The number of amides is 3. The molecule has 13 nitrogen and oxygen atoms in total. The van der Waals surface area contributed by atoms with Gasteiger partial charge in [-0.25, -0.2) is 4.79 Å². The molecule has 0 rings (SSSR count). The van der Waals surface area contributed by atoms with Crippen molar-refractivity contribution in [2.24, 2.45) is 22.2 Å². The van der Waals surface area contributed by atoms with Gasteiger partial charge in [0.15, 0.2) is 5.96 Å². The van der Waals surface area contributed by atoms with Gasteiger partial charge in [0.05, 0.1) is 12.1 Å². The molecular weight excluding hydrogens is 442 g/mol. The highest BCUT2D eigenvalue weighted by molar-refractivity contribution is 7.98. The maximum Gasteiger partial charge on any atom is 0.326 e. The Labute approximate surface area is 191 Å². The number of carbonyl (C=O) groups excluding carboxylic acids is 3. The molecule has 0 spiro atoms. The van der Waals surface area contributed by atoms with Crippen molar-refractivity contribution in [3.8, 4) is 0 Å². The molecule has 0 aromatic rings. The van der Waals surface area contributed by atoms with Crippen LogP contribution < -0.4 is 33.2 Å². The number of aliphatic hydroxyl groups is 1. The highest BCUT2D eigenvalue weighted by atomic mass is 32.2. The Morgan fingerprint density at radius 3 is 2.03 bits per heavy atom. The van der Waals surface area contributed by atoms with E-state index in [1.54, 1.807) is 6.26 Å². The second-order valence-electron chi connectivity index (χ2n) is 7.21. The van der Waals surface area contributed by atoms with Crippen LogP contribution in [0.15, 0.2) is 4.99 Å². The van der Waals surface area contributed by atoms with Gasteiger partial charge < -0.3 is 43.4 Å². The van der Waals surface area contributed by atoms with Crippen molar-refractivity contribution in [3.63, 3.8) is 0 Å². The molecule has 0 aliphatic carbocycles. The lowest BCUT2D eigenvalue weighted by atomic mass is 10.1. The SMILES string of the molecule is CSCCC(NC(=O)C(NC(=O)C(CCCN=C(N)N)NC(=O)C(C)N)C(C)O)C(=O)O. The summed E-state index contributed by atoms with van der Waals surface area (Å²) in [6.45, 7) is 2.92. The lowest BCUT2D eigenvalue weighted by molar-refractivity contribution is -0.143. The zero-order chi connectivity index (χ0) is 24.8. The number of hydrogen-bond acceptors (Lipinski definition) is 8. The second-order valence-corrected chi connectivity index (χ2v) is 8.19. The molecular formula is C18H35N7O6S. The molecule has 5 unspecified atom stereocenters. The normalized spacial score (nSPS) is 15.4. The Kier molecular flexibility index (Phi) is 14.0. The zero-order valence-corrected chi connectivity index (χ0v) is 19.4. The number of thioether (sulfide) groups is 1. The first-order valence-corrected chi connectivity index (χ1v) is 11.4. The molecule has 0 fully saturated rings. The quantitative estimate of drug-likeness (QED) is 0.0678. The summed E-state index contributed by atoms with van der Waals surface area (Å²) >= 11 is 1.41. The average Bonchev–Trinajstić information content (AvgIpc) is 2.69. The number of carboxylic acids is 1. The molecule has 184 valence electrons. The molecule has 0 aromatic heterocycles.